The second-order valence-electron chi connectivity index (χ2n) is 4.44. The first kappa shape index (κ1) is 19.1. The lowest BCUT2D eigenvalue weighted by Gasteiger charge is -2.09. The van der Waals surface area contributed by atoms with Gasteiger partial charge in [0.25, 0.3) is 0 Å². The van der Waals surface area contributed by atoms with Gasteiger partial charge < -0.3 is 4.74 Å². The van der Waals surface area contributed by atoms with Gasteiger partial charge in [-0.15, -0.1) is 0 Å². The number of carbonyl (C=O) groups is 1. The largest absolute Gasteiger partial charge is 0.462 e. The second kappa shape index (κ2) is 9.26. The van der Waals surface area contributed by atoms with Gasteiger partial charge in [0.05, 0.1) is 6.61 Å². The fraction of sp³-hybridized carbons (Fsp3) is 0.462. The molecule has 0 aromatic heterocycles. The SMILES string of the molecule is [N-]=[N+]=Nc1c(F)c(F)c(C(=O)OCCCCCCS)c(F)c1F. The van der Waals surface area contributed by atoms with Crippen LogP contribution >= 0.6 is 12.6 Å². The minimum atomic E-state index is -1.97. The molecule has 0 bridgehead atoms. The zero-order valence-corrected chi connectivity index (χ0v) is 12.8. The lowest BCUT2D eigenvalue weighted by molar-refractivity contribution is 0.0484. The Balaban J connectivity index is 2.87. The van der Waals surface area contributed by atoms with E-state index in [9.17, 15) is 22.4 Å². The molecule has 1 aromatic carbocycles. The van der Waals surface area contributed by atoms with E-state index in [1.54, 1.807) is 0 Å². The van der Waals surface area contributed by atoms with Crippen LogP contribution in [0.15, 0.2) is 5.11 Å². The number of ether oxygens (including phenoxy) is 1. The topological polar surface area (TPSA) is 75.1 Å². The fourth-order valence-electron chi connectivity index (χ4n) is 1.74. The van der Waals surface area contributed by atoms with E-state index in [0.717, 1.165) is 12.8 Å². The number of hydrogen-bond acceptors (Lipinski definition) is 4. The molecule has 126 valence electrons. The molecule has 0 aliphatic heterocycles. The summed E-state index contributed by atoms with van der Waals surface area (Å²) < 4.78 is 59.0. The molecule has 1 aromatic rings. The van der Waals surface area contributed by atoms with E-state index < -0.39 is 40.5 Å². The molecule has 0 saturated heterocycles. The molecule has 1 rings (SSSR count). The van der Waals surface area contributed by atoms with Crippen LogP contribution in [0.3, 0.4) is 0 Å². The fourth-order valence-corrected chi connectivity index (χ4v) is 1.96. The summed E-state index contributed by atoms with van der Waals surface area (Å²) in [4.78, 5) is 13.7. The summed E-state index contributed by atoms with van der Waals surface area (Å²) in [5, 5.41) is 2.52. The van der Waals surface area contributed by atoms with Crippen LogP contribution in [0, 0.1) is 23.3 Å². The maximum atomic E-state index is 13.7. The molecule has 0 spiro atoms. The Morgan fingerprint density at radius 2 is 1.61 bits per heavy atom. The van der Waals surface area contributed by atoms with Crippen molar-refractivity contribution in [3.8, 4) is 0 Å². The summed E-state index contributed by atoms with van der Waals surface area (Å²) in [6.07, 6.45) is 2.85. The normalized spacial score (nSPS) is 10.3. The van der Waals surface area contributed by atoms with E-state index in [-0.39, 0.29) is 6.61 Å². The number of rotatable bonds is 8. The Hall–Kier alpha value is -1.93. The van der Waals surface area contributed by atoms with Crippen LogP contribution < -0.4 is 0 Å². The molecule has 0 fully saturated rings. The molecule has 0 aliphatic rings. The van der Waals surface area contributed by atoms with Crippen molar-refractivity contribution in [3.05, 3.63) is 39.3 Å². The van der Waals surface area contributed by atoms with Crippen LogP contribution in [0.5, 0.6) is 0 Å². The lowest BCUT2D eigenvalue weighted by Crippen LogP contribution is -2.14. The maximum Gasteiger partial charge on any atom is 0.344 e. The molecular weight excluding hydrogens is 338 g/mol. The third-order valence-electron chi connectivity index (χ3n) is 2.87. The van der Waals surface area contributed by atoms with Crippen molar-refractivity contribution in [1.29, 1.82) is 0 Å². The molecule has 0 amide bonds. The molecule has 10 heteroatoms. The van der Waals surface area contributed by atoms with Gasteiger partial charge in [-0.25, -0.2) is 22.4 Å². The Morgan fingerprint density at radius 1 is 1.04 bits per heavy atom. The smallest absolute Gasteiger partial charge is 0.344 e. The Bertz CT molecular complexity index is 607. The summed E-state index contributed by atoms with van der Waals surface area (Å²) >= 11 is 4.02. The highest BCUT2D eigenvalue weighted by atomic mass is 32.1. The van der Waals surface area contributed by atoms with Gasteiger partial charge in [0.15, 0.2) is 23.3 Å². The molecule has 0 radical (unpaired) electrons. The number of halogens is 4. The first-order chi connectivity index (χ1) is 11.0. The van der Waals surface area contributed by atoms with Crippen molar-refractivity contribution in [2.45, 2.75) is 25.7 Å². The zero-order valence-electron chi connectivity index (χ0n) is 11.9. The van der Waals surface area contributed by atoms with Gasteiger partial charge in [-0.05, 0) is 24.1 Å². The number of hydrogen-bond donors (Lipinski definition) is 1. The third-order valence-corrected chi connectivity index (χ3v) is 3.19. The molecule has 0 unspecified atom stereocenters. The van der Waals surface area contributed by atoms with Crippen LogP contribution in [0.25, 0.3) is 10.4 Å². The average molecular weight is 351 g/mol. The number of unbranched alkanes of at least 4 members (excludes halogenated alkanes) is 3. The van der Waals surface area contributed by atoms with E-state index in [1.807, 2.05) is 0 Å². The van der Waals surface area contributed by atoms with Crippen LogP contribution in [-0.4, -0.2) is 18.3 Å². The Labute approximate surface area is 134 Å². The Kier molecular flexibility index (Phi) is 7.70. The molecule has 0 saturated carbocycles. The summed E-state index contributed by atoms with van der Waals surface area (Å²) in [5.41, 5.74) is 5.14. The monoisotopic (exact) mass is 351 g/mol. The first-order valence-electron chi connectivity index (χ1n) is 6.64. The number of carbonyl (C=O) groups excluding carboxylic acids is 1. The third kappa shape index (κ3) is 4.77. The average Bonchev–Trinajstić information content (AvgIpc) is 2.53. The summed E-state index contributed by atoms with van der Waals surface area (Å²) in [6, 6.07) is 0. The minimum Gasteiger partial charge on any atom is -0.462 e. The molecule has 0 aliphatic carbocycles. The van der Waals surface area contributed by atoms with E-state index in [4.69, 9.17) is 5.53 Å². The highest BCUT2D eigenvalue weighted by molar-refractivity contribution is 7.80. The van der Waals surface area contributed by atoms with Crippen molar-refractivity contribution < 1.29 is 27.1 Å². The number of thiol groups is 1. The van der Waals surface area contributed by atoms with Crippen molar-refractivity contribution in [3.63, 3.8) is 0 Å². The van der Waals surface area contributed by atoms with Crippen LogP contribution in [0.4, 0.5) is 23.2 Å². The van der Waals surface area contributed by atoms with Gasteiger partial charge in [-0.2, -0.15) is 12.6 Å². The number of esters is 1. The van der Waals surface area contributed by atoms with Gasteiger partial charge in [0, 0.05) is 4.91 Å². The predicted molar refractivity (Wildman–Crippen MR) is 77.7 cm³/mol. The molecule has 0 N–H and O–H groups in total. The quantitative estimate of drug-likeness (QED) is 0.106. The number of benzene rings is 1. The highest BCUT2D eigenvalue weighted by Gasteiger charge is 2.29. The maximum absolute atomic E-state index is 13.7. The van der Waals surface area contributed by atoms with Gasteiger partial charge >= 0.3 is 5.97 Å². The number of azide groups is 1. The van der Waals surface area contributed by atoms with Crippen molar-refractivity contribution in [1.82, 2.24) is 0 Å². The highest BCUT2D eigenvalue weighted by Crippen LogP contribution is 2.30. The Morgan fingerprint density at radius 3 is 2.13 bits per heavy atom. The van der Waals surface area contributed by atoms with Crippen LogP contribution in [-0.2, 0) is 4.74 Å². The van der Waals surface area contributed by atoms with Gasteiger partial charge in [-0.1, -0.05) is 18.0 Å². The van der Waals surface area contributed by atoms with Gasteiger partial charge in [0.1, 0.15) is 11.3 Å². The molecular formula is C13H13F4N3O2S. The van der Waals surface area contributed by atoms with Gasteiger partial charge in [-0.3, -0.25) is 0 Å². The zero-order chi connectivity index (χ0) is 17.4. The van der Waals surface area contributed by atoms with E-state index >= 15 is 0 Å². The van der Waals surface area contributed by atoms with Crippen LogP contribution in [0.2, 0.25) is 0 Å². The standard InChI is InChI=1S/C13H13F4N3O2S/c14-8-7(13(21)22-5-3-1-2-4-6-23)9(15)11(17)12(10(8)16)19-20-18/h23H,1-6H2. The molecule has 0 heterocycles. The second-order valence-corrected chi connectivity index (χ2v) is 4.89. The number of nitrogens with zero attached hydrogens (tertiary/aromatic N) is 3. The minimum absolute atomic E-state index is 0.147. The molecule has 5 nitrogen and oxygen atoms in total. The lowest BCUT2D eigenvalue weighted by atomic mass is 10.1. The molecule has 23 heavy (non-hydrogen) atoms. The molecule has 0 atom stereocenters. The van der Waals surface area contributed by atoms with E-state index in [0.29, 0.717) is 18.6 Å². The van der Waals surface area contributed by atoms with E-state index in [2.05, 4.69) is 27.4 Å². The van der Waals surface area contributed by atoms with Crippen LogP contribution in [0.1, 0.15) is 36.0 Å². The summed E-state index contributed by atoms with van der Waals surface area (Å²) in [7, 11) is 0. The van der Waals surface area contributed by atoms with Crippen molar-refractivity contribution in [2.24, 2.45) is 5.11 Å². The first-order valence-corrected chi connectivity index (χ1v) is 7.28. The van der Waals surface area contributed by atoms with Crippen molar-refractivity contribution in [2.75, 3.05) is 12.4 Å². The summed E-state index contributed by atoms with van der Waals surface area (Å²) in [6.45, 7) is -0.147. The van der Waals surface area contributed by atoms with Gasteiger partial charge in [0.2, 0.25) is 0 Å². The predicted octanol–water partition coefficient (Wildman–Crippen LogP) is 4.83. The van der Waals surface area contributed by atoms with E-state index in [1.165, 1.54) is 0 Å². The van der Waals surface area contributed by atoms with Crippen molar-refractivity contribution >= 4 is 24.3 Å². The summed E-state index contributed by atoms with van der Waals surface area (Å²) in [5.74, 6) is -8.66.